The Morgan fingerprint density at radius 2 is 2.05 bits per heavy atom. The van der Waals surface area contributed by atoms with Crippen LogP contribution in [0.15, 0.2) is 23.1 Å². The fourth-order valence-electron chi connectivity index (χ4n) is 2.16. The highest BCUT2D eigenvalue weighted by atomic mass is 16.5. The van der Waals surface area contributed by atoms with Crippen molar-refractivity contribution in [2.24, 2.45) is 0 Å². The van der Waals surface area contributed by atoms with Crippen molar-refractivity contribution in [3.8, 4) is 17.0 Å². The van der Waals surface area contributed by atoms with Crippen LogP contribution in [0.25, 0.3) is 11.3 Å². The molecule has 0 atom stereocenters. The predicted octanol–water partition coefficient (Wildman–Crippen LogP) is 1.76. The lowest BCUT2D eigenvalue weighted by Gasteiger charge is -2.14. The second-order valence-electron chi connectivity index (χ2n) is 4.44. The molecule has 1 aromatic carbocycles. The Labute approximate surface area is 115 Å². The van der Waals surface area contributed by atoms with E-state index in [1.807, 2.05) is 19.9 Å². The number of nitrogens with one attached hydrogen (secondary N) is 1. The molecule has 0 radical (unpaired) electrons. The van der Waals surface area contributed by atoms with E-state index in [9.17, 15) is 14.7 Å². The minimum absolute atomic E-state index is 0.0742. The average Bonchev–Trinajstić information content (AvgIpc) is 2.37. The molecule has 1 aromatic heterocycles. The Balaban J connectivity index is 2.84. The second-order valence-corrected chi connectivity index (χ2v) is 4.44. The van der Waals surface area contributed by atoms with Crippen LogP contribution in [0.4, 0.5) is 0 Å². The van der Waals surface area contributed by atoms with Crippen LogP contribution in [0.1, 0.15) is 21.5 Å². The molecule has 104 valence electrons. The Hall–Kier alpha value is -2.63. The quantitative estimate of drug-likeness (QED) is 0.889. The van der Waals surface area contributed by atoms with Crippen LogP contribution >= 0.6 is 0 Å². The number of carboxylic acid groups (broad SMARTS) is 1. The number of benzene rings is 1. The van der Waals surface area contributed by atoms with Gasteiger partial charge in [-0.05, 0) is 31.0 Å². The molecule has 0 saturated carbocycles. The molecule has 1 heterocycles. The Morgan fingerprint density at radius 3 is 2.65 bits per heavy atom. The van der Waals surface area contributed by atoms with Gasteiger partial charge in [-0.3, -0.25) is 0 Å². The van der Waals surface area contributed by atoms with Gasteiger partial charge in [0, 0.05) is 11.8 Å². The number of aryl methyl sites for hydroxylation is 2. The van der Waals surface area contributed by atoms with Gasteiger partial charge in [-0.15, -0.1) is 0 Å². The van der Waals surface area contributed by atoms with Crippen molar-refractivity contribution in [3.63, 3.8) is 0 Å². The van der Waals surface area contributed by atoms with Crippen LogP contribution in [0.3, 0.4) is 0 Å². The summed E-state index contributed by atoms with van der Waals surface area (Å²) in [6, 6.07) is 3.68. The smallest absolute Gasteiger partial charge is 0.345 e. The summed E-state index contributed by atoms with van der Waals surface area (Å²) in [5.41, 5.74) is 1.87. The number of carboxylic acids is 1. The molecule has 0 aliphatic carbocycles. The van der Waals surface area contributed by atoms with E-state index in [2.05, 4.69) is 9.97 Å². The predicted molar refractivity (Wildman–Crippen MR) is 73.3 cm³/mol. The molecule has 0 bridgehead atoms. The molecule has 2 aromatic rings. The van der Waals surface area contributed by atoms with Crippen LogP contribution < -0.4 is 10.4 Å². The van der Waals surface area contributed by atoms with Crippen LogP contribution in [0, 0.1) is 13.8 Å². The molecule has 2 N–H and O–H groups in total. The van der Waals surface area contributed by atoms with Crippen molar-refractivity contribution in [2.75, 3.05) is 7.11 Å². The third-order valence-electron chi connectivity index (χ3n) is 2.96. The molecule has 0 aliphatic rings. The first-order valence-electron chi connectivity index (χ1n) is 5.92. The lowest BCUT2D eigenvalue weighted by molar-refractivity contribution is 0.0697. The monoisotopic (exact) mass is 274 g/mol. The first-order chi connectivity index (χ1) is 9.43. The number of rotatable bonds is 3. The van der Waals surface area contributed by atoms with Crippen molar-refractivity contribution < 1.29 is 14.6 Å². The highest BCUT2D eigenvalue weighted by molar-refractivity contribution is 5.95. The third-order valence-corrected chi connectivity index (χ3v) is 2.96. The van der Waals surface area contributed by atoms with Crippen molar-refractivity contribution in [1.29, 1.82) is 0 Å². The maximum atomic E-state index is 11.4. The number of aromatic amines is 1. The molecule has 0 amide bonds. The van der Waals surface area contributed by atoms with E-state index in [-0.39, 0.29) is 11.3 Å². The molecule has 6 nitrogen and oxygen atoms in total. The number of H-pyrrole nitrogens is 1. The molecular formula is C14H14N2O4. The zero-order valence-electron chi connectivity index (χ0n) is 11.4. The van der Waals surface area contributed by atoms with Gasteiger partial charge in [0.1, 0.15) is 11.3 Å². The number of carbonyl (C=O) groups is 1. The summed E-state index contributed by atoms with van der Waals surface area (Å²) in [5, 5.41) is 9.22. The van der Waals surface area contributed by atoms with Crippen LogP contribution in [0.2, 0.25) is 0 Å². The van der Waals surface area contributed by atoms with Crippen molar-refractivity contribution >= 4 is 5.97 Å². The van der Waals surface area contributed by atoms with E-state index in [0.29, 0.717) is 11.3 Å². The fourth-order valence-corrected chi connectivity index (χ4v) is 2.16. The SMILES string of the molecule is COc1cc(C)cc(C)c1-c1[nH]c(=O)ncc1C(=O)O. The molecule has 20 heavy (non-hydrogen) atoms. The topological polar surface area (TPSA) is 92.3 Å². The summed E-state index contributed by atoms with van der Waals surface area (Å²) in [4.78, 5) is 28.6. The van der Waals surface area contributed by atoms with Gasteiger partial charge in [-0.2, -0.15) is 0 Å². The van der Waals surface area contributed by atoms with E-state index >= 15 is 0 Å². The highest BCUT2D eigenvalue weighted by Gasteiger charge is 2.19. The lowest BCUT2D eigenvalue weighted by Crippen LogP contribution is -2.15. The van der Waals surface area contributed by atoms with Gasteiger partial charge in [0.05, 0.1) is 12.8 Å². The maximum Gasteiger partial charge on any atom is 0.345 e. The standard InChI is InChI=1S/C14H14N2O4/c1-7-4-8(2)11(10(5-7)20-3)12-9(13(17)18)6-15-14(19)16-12/h4-6H,1-3H3,(H,17,18)(H,15,16,19). The normalized spacial score (nSPS) is 10.3. The zero-order chi connectivity index (χ0) is 14.9. The van der Waals surface area contributed by atoms with Gasteiger partial charge in [0.25, 0.3) is 0 Å². The van der Waals surface area contributed by atoms with Crippen LogP contribution in [0.5, 0.6) is 5.75 Å². The minimum Gasteiger partial charge on any atom is -0.496 e. The number of hydrogen-bond donors (Lipinski definition) is 2. The summed E-state index contributed by atoms with van der Waals surface area (Å²) in [6.07, 6.45) is 1.05. The highest BCUT2D eigenvalue weighted by Crippen LogP contribution is 2.34. The Bertz CT molecular complexity index is 734. The Kier molecular flexibility index (Phi) is 3.56. The van der Waals surface area contributed by atoms with E-state index in [4.69, 9.17) is 4.74 Å². The van der Waals surface area contributed by atoms with Crippen LogP contribution in [-0.2, 0) is 0 Å². The van der Waals surface area contributed by atoms with E-state index in [0.717, 1.165) is 17.3 Å². The van der Waals surface area contributed by atoms with Gasteiger partial charge in [0.2, 0.25) is 0 Å². The number of hydrogen-bond acceptors (Lipinski definition) is 4. The van der Waals surface area contributed by atoms with E-state index < -0.39 is 11.7 Å². The molecule has 6 heteroatoms. The van der Waals surface area contributed by atoms with Crippen molar-refractivity contribution in [3.05, 3.63) is 45.5 Å². The van der Waals surface area contributed by atoms with Crippen LogP contribution in [-0.4, -0.2) is 28.2 Å². The summed E-state index contributed by atoms with van der Waals surface area (Å²) in [6.45, 7) is 3.74. The molecule has 0 saturated heterocycles. The first kappa shape index (κ1) is 13.8. The maximum absolute atomic E-state index is 11.4. The number of ether oxygens (including phenoxy) is 1. The second kappa shape index (κ2) is 5.16. The number of aromatic nitrogens is 2. The summed E-state index contributed by atoms with van der Waals surface area (Å²) in [7, 11) is 1.50. The molecule has 2 rings (SSSR count). The molecule has 0 aliphatic heterocycles. The summed E-state index contributed by atoms with van der Waals surface area (Å²) < 4.78 is 5.30. The van der Waals surface area contributed by atoms with Gasteiger partial charge >= 0.3 is 11.7 Å². The number of nitrogens with zero attached hydrogens (tertiary/aromatic N) is 1. The van der Waals surface area contributed by atoms with Gasteiger partial charge in [0.15, 0.2) is 0 Å². The van der Waals surface area contributed by atoms with E-state index in [1.165, 1.54) is 7.11 Å². The summed E-state index contributed by atoms with van der Waals surface area (Å²) in [5.74, 6) is -0.655. The third kappa shape index (κ3) is 2.40. The Morgan fingerprint density at radius 1 is 1.35 bits per heavy atom. The molecule has 0 spiro atoms. The number of methoxy groups -OCH3 is 1. The van der Waals surface area contributed by atoms with Gasteiger partial charge in [-0.1, -0.05) is 6.07 Å². The van der Waals surface area contributed by atoms with Crippen molar-refractivity contribution in [2.45, 2.75) is 13.8 Å². The van der Waals surface area contributed by atoms with Gasteiger partial charge < -0.3 is 14.8 Å². The molecule has 0 unspecified atom stereocenters. The van der Waals surface area contributed by atoms with Crippen molar-refractivity contribution in [1.82, 2.24) is 9.97 Å². The minimum atomic E-state index is -1.16. The molecular weight excluding hydrogens is 260 g/mol. The lowest BCUT2D eigenvalue weighted by atomic mass is 9.98. The fraction of sp³-hybridized carbons (Fsp3) is 0.214. The summed E-state index contributed by atoms with van der Waals surface area (Å²) >= 11 is 0. The number of aromatic carboxylic acids is 1. The molecule has 0 fully saturated rings. The first-order valence-corrected chi connectivity index (χ1v) is 5.92. The zero-order valence-corrected chi connectivity index (χ0v) is 11.4. The van der Waals surface area contributed by atoms with E-state index in [1.54, 1.807) is 6.07 Å². The van der Waals surface area contributed by atoms with Gasteiger partial charge in [-0.25, -0.2) is 14.6 Å². The largest absolute Gasteiger partial charge is 0.496 e. The average molecular weight is 274 g/mol.